The molecular weight excluding hydrogens is 344 g/mol. The van der Waals surface area contributed by atoms with Crippen LogP contribution >= 0.6 is 0 Å². The maximum atomic E-state index is 12.7. The van der Waals surface area contributed by atoms with Gasteiger partial charge in [0.05, 0.1) is 17.3 Å². The van der Waals surface area contributed by atoms with Crippen molar-refractivity contribution < 1.29 is 9.72 Å². The first-order chi connectivity index (χ1) is 13.1. The number of hydrogen-bond acceptors (Lipinski definition) is 4. The van der Waals surface area contributed by atoms with Gasteiger partial charge in [-0.15, -0.1) is 0 Å². The number of nitro benzene ring substituents is 1. The third kappa shape index (κ3) is 3.31. The van der Waals surface area contributed by atoms with Crippen molar-refractivity contribution >= 4 is 11.6 Å². The fraction of sp³-hybridized carbons (Fsp3) is 0.200. The lowest BCUT2D eigenvalue weighted by Gasteiger charge is -2.26. The van der Waals surface area contributed by atoms with E-state index in [2.05, 4.69) is 16.4 Å². The topological polar surface area (TPSA) is 90.1 Å². The van der Waals surface area contributed by atoms with Crippen molar-refractivity contribution in [2.45, 2.75) is 25.3 Å². The maximum Gasteiger partial charge on any atom is 0.294 e. The molecule has 1 atom stereocenters. The number of hydrogen-bond donors (Lipinski definition) is 1. The first-order valence-corrected chi connectivity index (χ1v) is 8.79. The number of carbonyl (C=O) groups excluding carboxylic acids is 1. The standard InChI is InChI=1S/C20H18N4O3/c25-20(22-17-7-3-5-14-4-1-2-6-16(14)17)15-8-9-18(19(12-15)24(26)27)23-11-10-21-13-23/h1-2,4,6,8-13,17H,3,5,7H2,(H,22,25)/t17-/m1/s1. The zero-order valence-corrected chi connectivity index (χ0v) is 14.5. The molecule has 7 heteroatoms. The number of nitro groups is 1. The van der Waals surface area contributed by atoms with Gasteiger partial charge in [0.25, 0.3) is 11.6 Å². The van der Waals surface area contributed by atoms with E-state index in [1.807, 2.05) is 18.2 Å². The maximum absolute atomic E-state index is 12.7. The van der Waals surface area contributed by atoms with E-state index < -0.39 is 4.92 Å². The summed E-state index contributed by atoms with van der Waals surface area (Å²) in [6.07, 6.45) is 7.53. The molecule has 3 aromatic rings. The summed E-state index contributed by atoms with van der Waals surface area (Å²) in [6, 6.07) is 12.5. The predicted octanol–water partition coefficient (Wildman–Crippen LogP) is 3.59. The minimum atomic E-state index is -0.484. The van der Waals surface area contributed by atoms with E-state index in [0.717, 1.165) is 24.8 Å². The minimum Gasteiger partial charge on any atom is -0.345 e. The molecule has 0 saturated heterocycles. The quantitative estimate of drug-likeness (QED) is 0.567. The summed E-state index contributed by atoms with van der Waals surface area (Å²) in [5.74, 6) is -0.308. The molecule has 1 heterocycles. The summed E-state index contributed by atoms with van der Waals surface area (Å²) in [5, 5.41) is 14.5. The van der Waals surface area contributed by atoms with E-state index in [1.54, 1.807) is 29.1 Å². The molecule has 1 aliphatic rings. The number of nitrogens with one attached hydrogen (secondary N) is 1. The Kier molecular flexibility index (Phi) is 4.42. The van der Waals surface area contributed by atoms with Crippen LogP contribution in [0.25, 0.3) is 5.69 Å². The highest BCUT2D eigenvalue weighted by Gasteiger charge is 2.24. The smallest absolute Gasteiger partial charge is 0.294 e. The van der Waals surface area contributed by atoms with Crippen LogP contribution in [0.4, 0.5) is 5.69 Å². The average Bonchev–Trinajstić information content (AvgIpc) is 3.22. The fourth-order valence-electron chi connectivity index (χ4n) is 3.58. The monoisotopic (exact) mass is 362 g/mol. The zero-order chi connectivity index (χ0) is 18.8. The van der Waals surface area contributed by atoms with E-state index in [9.17, 15) is 14.9 Å². The lowest BCUT2D eigenvalue weighted by Crippen LogP contribution is -2.31. The molecule has 0 radical (unpaired) electrons. The van der Waals surface area contributed by atoms with Gasteiger partial charge in [-0.25, -0.2) is 4.98 Å². The Morgan fingerprint density at radius 3 is 2.89 bits per heavy atom. The number of benzene rings is 2. The molecule has 1 amide bonds. The largest absolute Gasteiger partial charge is 0.345 e. The summed E-state index contributed by atoms with van der Waals surface area (Å²) < 4.78 is 1.55. The number of rotatable bonds is 4. The van der Waals surface area contributed by atoms with Crippen LogP contribution in [0.5, 0.6) is 0 Å². The van der Waals surface area contributed by atoms with Gasteiger partial charge in [-0.3, -0.25) is 14.9 Å². The Balaban J connectivity index is 1.62. The van der Waals surface area contributed by atoms with Gasteiger partial charge in [0, 0.05) is 24.0 Å². The summed E-state index contributed by atoms with van der Waals surface area (Å²) in [7, 11) is 0. The number of imidazole rings is 1. The van der Waals surface area contributed by atoms with Gasteiger partial charge in [-0.2, -0.15) is 0 Å². The number of aromatic nitrogens is 2. The number of fused-ring (bicyclic) bond motifs is 1. The van der Waals surface area contributed by atoms with Crippen molar-refractivity contribution in [3.63, 3.8) is 0 Å². The van der Waals surface area contributed by atoms with Gasteiger partial charge in [0.1, 0.15) is 5.69 Å². The molecular formula is C20H18N4O3. The Morgan fingerprint density at radius 1 is 1.26 bits per heavy atom. The van der Waals surface area contributed by atoms with Gasteiger partial charge in [0.2, 0.25) is 0 Å². The Labute approximate surface area is 155 Å². The molecule has 4 rings (SSSR count). The zero-order valence-electron chi connectivity index (χ0n) is 14.5. The molecule has 0 aliphatic heterocycles. The predicted molar refractivity (Wildman–Crippen MR) is 99.8 cm³/mol. The number of amides is 1. The molecule has 1 aliphatic carbocycles. The Morgan fingerprint density at radius 2 is 2.11 bits per heavy atom. The molecule has 136 valence electrons. The minimum absolute atomic E-state index is 0.0742. The van der Waals surface area contributed by atoms with Gasteiger partial charge in [0.15, 0.2) is 0 Å². The SMILES string of the molecule is O=C(N[C@@H]1CCCc2ccccc21)c1ccc(-n2ccnc2)c([N+](=O)[O-])c1. The molecule has 1 N–H and O–H groups in total. The number of nitrogens with zero attached hydrogens (tertiary/aromatic N) is 3. The van der Waals surface area contributed by atoms with Crippen molar-refractivity contribution in [3.05, 3.63) is 88.0 Å². The fourth-order valence-corrected chi connectivity index (χ4v) is 3.58. The van der Waals surface area contributed by atoms with Crippen molar-refractivity contribution in [1.82, 2.24) is 14.9 Å². The molecule has 2 aromatic carbocycles. The first kappa shape index (κ1) is 17.0. The van der Waals surface area contributed by atoms with Crippen LogP contribution in [0.1, 0.15) is 40.4 Å². The van der Waals surface area contributed by atoms with Gasteiger partial charge < -0.3 is 9.88 Å². The van der Waals surface area contributed by atoms with Gasteiger partial charge in [-0.1, -0.05) is 24.3 Å². The van der Waals surface area contributed by atoms with E-state index in [4.69, 9.17) is 0 Å². The van der Waals surface area contributed by atoms with E-state index in [0.29, 0.717) is 5.69 Å². The van der Waals surface area contributed by atoms with Crippen LogP contribution in [0, 0.1) is 10.1 Å². The van der Waals surface area contributed by atoms with Crippen LogP contribution in [0.3, 0.4) is 0 Å². The van der Waals surface area contributed by atoms with Crippen LogP contribution < -0.4 is 5.32 Å². The second-order valence-corrected chi connectivity index (χ2v) is 6.55. The second-order valence-electron chi connectivity index (χ2n) is 6.55. The molecule has 1 aromatic heterocycles. The van der Waals surface area contributed by atoms with Gasteiger partial charge in [-0.05, 0) is 42.5 Å². The van der Waals surface area contributed by atoms with Crippen LogP contribution in [-0.4, -0.2) is 20.4 Å². The number of carbonyl (C=O) groups is 1. The van der Waals surface area contributed by atoms with E-state index in [1.165, 1.54) is 18.0 Å². The average molecular weight is 362 g/mol. The van der Waals surface area contributed by atoms with Crippen LogP contribution in [0.15, 0.2) is 61.2 Å². The molecule has 0 fully saturated rings. The Bertz CT molecular complexity index is 998. The van der Waals surface area contributed by atoms with Crippen molar-refractivity contribution in [1.29, 1.82) is 0 Å². The van der Waals surface area contributed by atoms with Crippen LogP contribution in [-0.2, 0) is 6.42 Å². The second kappa shape index (κ2) is 7.03. The summed E-state index contributed by atoms with van der Waals surface area (Å²) in [6.45, 7) is 0. The lowest BCUT2D eigenvalue weighted by molar-refractivity contribution is -0.384. The summed E-state index contributed by atoms with van der Waals surface area (Å²) in [4.78, 5) is 27.7. The highest BCUT2D eigenvalue weighted by molar-refractivity contribution is 5.95. The molecule has 7 nitrogen and oxygen atoms in total. The highest BCUT2D eigenvalue weighted by Crippen LogP contribution is 2.30. The van der Waals surface area contributed by atoms with E-state index >= 15 is 0 Å². The highest BCUT2D eigenvalue weighted by atomic mass is 16.6. The van der Waals surface area contributed by atoms with Crippen LogP contribution in [0.2, 0.25) is 0 Å². The molecule has 0 unspecified atom stereocenters. The molecule has 27 heavy (non-hydrogen) atoms. The van der Waals surface area contributed by atoms with E-state index in [-0.39, 0.29) is 23.2 Å². The first-order valence-electron chi connectivity index (χ1n) is 8.79. The summed E-state index contributed by atoms with van der Waals surface area (Å²) in [5.41, 5.74) is 2.88. The lowest BCUT2D eigenvalue weighted by atomic mass is 9.87. The van der Waals surface area contributed by atoms with Gasteiger partial charge >= 0.3 is 0 Å². The van der Waals surface area contributed by atoms with Crippen molar-refractivity contribution in [2.75, 3.05) is 0 Å². The third-order valence-electron chi connectivity index (χ3n) is 4.89. The summed E-state index contributed by atoms with van der Waals surface area (Å²) >= 11 is 0. The molecule has 0 spiro atoms. The molecule has 0 saturated carbocycles. The number of aryl methyl sites for hydroxylation is 1. The molecule has 0 bridgehead atoms. The van der Waals surface area contributed by atoms with Crippen molar-refractivity contribution in [2.24, 2.45) is 0 Å². The Hall–Kier alpha value is -3.48. The normalized spacial score (nSPS) is 15.8. The van der Waals surface area contributed by atoms with Crippen molar-refractivity contribution in [3.8, 4) is 5.69 Å². The third-order valence-corrected chi connectivity index (χ3v) is 4.89.